The van der Waals surface area contributed by atoms with Crippen molar-refractivity contribution >= 4 is 12.2 Å². The lowest BCUT2D eigenvalue weighted by atomic mass is 10.1. The maximum Gasteiger partial charge on any atom is 0.115 e. The van der Waals surface area contributed by atoms with Gasteiger partial charge in [0.15, 0.2) is 0 Å². The maximum atomic E-state index is 9.30. The van der Waals surface area contributed by atoms with Crippen molar-refractivity contribution in [3.8, 4) is 5.75 Å². The van der Waals surface area contributed by atoms with Gasteiger partial charge in [0.1, 0.15) is 5.75 Å². The predicted octanol–water partition coefficient (Wildman–Crippen LogP) is 3.87. The van der Waals surface area contributed by atoms with Gasteiger partial charge in [0, 0.05) is 0 Å². The van der Waals surface area contributed by atoms with Crippen molar-refractivity contribution in [1.29, 1.82) is 0 Å². The zero-order valence-electron chi connectivity index (χ0n) is 9.22. The van der Waals surface area contributed by atoms with Crippen molar-refractivity contribution in [2.45, 2.75) is 6.92 Å². The molecule has 0 heterocycles. The van der Waals surface area contributed by atoms with E-state index in [0.717, 1.165) is 11.1 Å². The highest BCUT2D eigenvalue weighted by atomic mass is 16.3. The molecule has 0 radical (unpaired) electrons. The van der Waals surface area contributed by atoms with Gasteiger partial charge in [-0.2, -0.15) is 0 Å². The zero-order chi connectivity index (χ0) is 11.4. The first-order valence-corrected chi connectivity index (χ1v) is 5.28. The average Bonchev–Trinajstić information content (AvgIpc) is 2.29. The molecule has 0 unspecified atom stereocenters. The van der Waals surface area contributed by atoms with E-state index in [-0.39, 0.29) is 0 Å². The van der Waals surface area contributed by atoms with E-state index in [4.69, 9.17) is 0 Å². The molecule has 0 saturated heterocycles. The van der Waals surface area contributed by atoms with Gasteiger partial charge in [-0.15, -0.1) is 0 Å². The lowest BCUT2D eigenvalue weighted by molar-refractivity contribution is 0.475. The first-order chi connectivity index (χ1) is 7.75. The van der Waals surface area contributed by atoms with Crippen LogP contribution in [0.1, 0.15) is 16.7 Å². The molecule has 0 saturated carbocycles. The van der Waals surface area contributed by atoms with Crippen LogP contribution < -0.4 is 0 Å². The highest BCUT2D eigenvalue weighted by molar-refractivity contribution is 5.71. The Balaban J connectivity index is 2.24. The highest BCUT2D eigenvalue weighted by Crippen LogP contribution is 2.17. The van der Waals surface area contributed by atoms with Gasteiger partial charge >= 0.3 is 0 Å². The van der Waals surface area contributed by atoms with E-state index < -0.39 is 0 Å². The minimum atomic E-state index is 0.314. The van der Waals surface area contributed by atoms with Crippen LogP contribution in [-0.4, -0.2) is 5.11 Å². The molecule has 0 atom stereocenters. The highest BCUT2D eigenvalue weighted by Gasteiger charge is 1.95. The van der Waals surface area contributed by atoms with Gasteiger partial charge in [-0.25, -0.2) is 0 Å². The molecule has 80 valence electrons. The van der Waals surface area contributed by atoms with Gasteiger partial charge < -0.3 is 5.11 Å². The predicted molar refractivity (Wildman–Crippen MR) is 68.2 cm³/mol. The smallest absolute Gasteiger partial charge is 0.115 e. The standard InChI is InChI=1S/C15H14O/c1-12-11-15(16)10-9-14(12)8-7-13-5-3-2-4-6-13/h2-11,16H,1H3/b8-7+. The monoisotopic (exact) mass is 210 g/mol. The van der Waals surface area contributed by atoms with E-state index in [2.05, 4.69) is 24.3 Å². The molecule has 2 rings (SSSR count). The molecule has 0 fully saturated rings. The number of phenols is 1. The van der Waals surface area contributed by atoms with Crippen LogP contribution in [0.25, 0.3) is 12.2 Å². The number of hydrogen-bond acceptors (Lipinski definition) is 1. The van der Waals surface area contributed by atoms with Crippen LogP contribution in [-0.2, 0) is 0 Å². The Kier molecular flexibility index (Phi) is 3.06. The fourth-order valence-electron chi connectivity index (χ4n) is 1.60. The van der Waals surface area contributed by atoms with Crippen LogP contribution >= 0.6 is 0 Å². The van der Waals surface area contributed by atoms with Gasteiger partial charge in [-0.1, -0.05) is 48.6 Å². The Labute approximate surface area is 95.7 Å². The van der Waals surface area contributed by atoms with Gasteiger partial charge in [-0.3, -0.25) is 0 Å². The molecule has 0 spiro atoms. The number of hydrogen-bond donors (Lipinski definition) is 1. The van der Waals surface area contributed by atoms with E-state index in [9.17, 15) is 5.11 Å². The molecule has 0 aliphatic heterocycles. The summed E-state index contributed by atoms with van der Waals surface area (Å²) in [5.74, 6) is 0.314. The van der Waals surface area contributed by atoms with Gasteiger partial charge in [0.05, 0.1) is 0 Å². The fraction of sp³-hybridized carbons (Fsp3) is 0.0667. The first-order valence-electron chi connectivity index (χ1n) is 5.28. The summed E-state index contributed by atoms with van der Waals surface area (Å²) in [7, 11) is 0. The van der Waals surface area contributed by atoms with E-state index in [0.29, 0.717) is 5.75 Å². The number of aromatic hydroxyl groups is 1. The molecule has 0 aliphatic carbocycles. The van der Waals surface area contributed by atoms with Gasteiger partial charge in [0.2, 0.25) is 0 Å². The largest absolute Gasteiger partial charge is 0.508 e. The van der Waals surface area contributed by atoms with Crippen LogP contribution in [0, 0.1) is 6.92 Å². The van der Waals surface area contributed by atoms with Crippen molar-refractivity contribution in [1.82, 2.24) is 0 Å². The summed E-state index contributed by atoms with van der Waals surface area (Å²) in [4.78, 5) is 0. The molecule has 16 heavy (non-hydrogen) atoms. The second-order valence-electron chi connectivity index (χ2n) is 3.78. The van der Waals surface area contributed by atoms with E-state index in [1.165, 1.54) is 5.56 Å². The number of phenolic OH excluding ortho intramolecular Hbond substituents is 1. The fourth-order valence-corrected chi connectivity index (χ4v) is 1.60. The van der Waals surface area contributed by atoms with Crippen LogP contribution in [0.2, 0.25) is 0 Å². The topological polar surface area (TPSA) is 20.2 Å². The van der Waals surface area contributed by atoms with E-state index in [1.807, 2.05) is 31.2 Å². The van der Waals surface area contributed by atoms with Crippen molar-refractivity contribution in [2.75, 3.05) is 0 Å². The van der Waals surface area contributed by atoms with E-state index in [1.54, 1.807) is 12.1 Å². The van der Waals surface area contributed by atoms with Crippen molar-refractivity contribution in [3.05, 3.63) is 65.2 Å². The molecule has 0 aromatic heterocycles. The third kappa shape index (κ3) is 2.51. The molecule has 0 aliphatic rings. The Morgan fingerprint density at radius 1 is 0.938 bits per heavy atom. The second kappa shape index (κ2) is 4.67. The molecule has 0 amide bonds. The van der Waals surface area contributed by atoms with Crippen molar-refractivity contribution in [3.63, 3.8) is 0 Å². The number of benzene rings is 2. The summed E-state index contributed by atoms with van der Waals surface area (Å²) in [5.41, 5.74) is 3.38. The molecular weight excluding hydrogens is 196 g/mol. The Morgan fingerprint density at radius 3 is 2.38 bits per heavy atom. The lowest BCUT2D eigenvalue weighted by Gasteiger charge is -2.00. The summed E-state index contributed by atoms with van der Waals surface area (Å²) in [6.07, 6.45) is 4.13. The van der Waals surface area contributed by atoms with Crippen molar-refractivity contribution < 1.29 is 5.11 Å². The van der Waals surface area contributed by atoms with Gasteiger partial charge in [0.25, 0.3) is 0 Å². The Morgan fingerprint density at radius 2 is 1.69 bits per heavy atom. The molecule has 1 heteroatoms. The molecule has 2 aromatic rings. The average molecular weight is 210 g/mol. The number of aryl methyl sites for hydroxylation is 1. The molecule has 0 bridgehead atoms. The van der Waals surface area contributed by atoms with Crippen LogP contribution in [0.3, 0.4) is 0 Å². The Hall–Kier alpha value is -2.02. The van der Waals surface area contributed by atoms with Crippen LogP contribution in [0.15, 0.2) is 48.5 Å². The lowest BCUT2D eigenvalue weighted by Crippen LogP contribution is -1.79. The second-order valence-corrected chi connectivity index (χ2v) is 3.78. The molecule has 2 aromatic carbocycles. The van der Waals surface area contributed by atoms with Crippen molar-refractivity contribution in [2.24, 2.45) is 0 Å². The molecule has 1 N–H and O–H groups in total. The molecule has 1 nitrogen and oxygen atoms in total. The summed E-state index contributed by atoms with van der Waals surface area (Å²) >= 11 is 0. The summed E-state index contributed by atoms with van der Waals surface area (Å²) in [5, 5.41) is 9.30. The SMILES string of the molecule is Cc1cc(O)ccc1/C=C/c1ccccc1. The zero-order valence-corrected chi connectivity index (χ0v) is 9.22. The minimum Gasteiger partial charge on any atom is -0.508 e. The maximum absolute atomic E-state index is 9.30. The third-order valence-electron chi connectivity index (χ3n) is 2.51. The first kappa shape index (κ1) is 10.5. The number of rotatable bonds is 2. The molecular formula is C15H14O. The summed E-state index contributed by atoms with van der Waals surface area (Å²) in [6, 6.07) is 15.6. The normalized spacial score (nSPS) is 10.8. The summed E-state index contributed by atoms with van der Waals surface area (Å²) in [6.45, 7) is 1.99. The Bertz CT molecular complexity index is 498. The third-order valence-corrected chi connectivity index (χ3v) is 2.51. The van der Waals surface area contributed by atoms with Gasteiger partial charge in [-0.05, 0) is 35.7 Å². The quantitative estimate of drug-likeness (QED) is 0.746. The summed E-state index contributed by atoms with van der Waals surface area (Å²) < 4.78 is 0. The van der Waals surface area contributed by atoms with Crippen LogP contribution in [0.4, 0.5) is 0 Å². The van der Waals surface area contributed by atoms with E-state index >= 15 is 0 Å². The minimum absolute atomic E-state index is 0.314. The van der Waals surface area contributed by atoms with Crippen LogP contribution in [0.5, 0.6) is 5.75 Å².